The normalized spacial score (nSPS) is 9.57. The van der Waals surface area contributed by atoms with Gasteiger partial charge in [-0.15, -0.1) is 0 Å². The Bertz CT molecular complexity index is 382. The van der Waals surface area contributed by atoms with Gasteiger partial charge in [-0.3, -0.25) is 4.79 Å². The van der Waals surface area contributed by atoms with Crippen LogP contribution in [0, 0.1) is 6.92 Å². The van der Waals surface area contributed by atoms with E-state index >= 15 is 0 Å². The van der Waals surface area contributed by atoms with Crippen molar-refractivity contribution in [2.45, 2.75) is 6.92 Å². The molecule has 0 aliphatic rings. The van der Waals surface area contributed by atoms with Crippen LogP contribution in [0.3, 0.4) is 0 Å². The average molecular weight is 194 g/mol. The summed E-state index contributed by atoms with van der Waals surface area (Å²) in [5, 5.41) is 9.48. The fraction of sp³-hybridized carbons (Fsp3) is 0.200. The number of hydrogen-bond acceptors (Lipinski definition) is 4. The Morgan fingerprint density at radius 2 is 2.14 bits per heavy atom. The second kappa shape index (κ2) is 3.91. The molecule has 14 heavy (non-hydrogen) atoms. The van der Waals surface area contributed by atoms with Gasteiger partial charge in [-0.1, -0.05) is 6.07 Å². The molecule has 0 saturated heterocycles. The minimum atomic E-state index is -0.637. The fourth-order valence-corrected chi connectivity index (χ4v) is 1.12. The van der Waals surface area contributed by atoms with Crippen molar-refractivity contribution in [1.29, 1.82) is 0 Å². The summed E-state index contributed by atoms with van der Waals surface area (Å²) in [7, 11) is 1.22. The molecule has 0 heterocycles. The molecule has 0 aliphatic carbocycles. The van der Waals surface area contributed by atoms with Gasteiger partial charge in [-0.05, 0) is 18.6 Å². The van der Waals surface area contributed by atoms with E-state index in [4.69, 9.17) is 0 Å². The van der Waals surface area contributed by atoms with Crippen LogP contribution in [0.1, 0.15) is 26.3 Å². The number of esters is 1. The maximum absolute atomic E-state index is 11.2. The fourth-order valence-electron chi connectivity index (χ4n) is 1.12. The molecular weight excluding hydrogens is 184 g/mol. The van der Waals surface area contributed by atoms with Crippen LogP contribution < -0.4 is 0 Å². The summed E-state index contributed by atoms with van der Waals surface area (Å²) in [6.07, 6.45) is 0.439. The first-order valence-electron chi connectivity index (χ1n) is 3.98. The van der Waals surface area contributed by atoms with E-state index in [2.05, 4.69) is 4.74 Å². The van der Waals surface area contributed by atoms with Gasteiger partial charge in [0.25, 0.3) is 0 Å². The number of phenolic OH excluding ortho intramolecular Hbond substituents is 1. The highest BCUT2D eigenvalue weighted by molar-refractivity contribution is 6.00. The van der Waals surface area contributed by atoms with E-state index < -0.39 is 5.97 Å². The lowest BCUT2D eigenvalue weighted by Crippen LogP contribution is -2.05. The first-order valence-corrected chi connectivity index (χ1v) is 3.98. The number of hydrogen-bond donors (Lipinski definition) is 1. The largest absolute Gasteiger partial charge is 0.507 e. The lowest BCUT2D eigenvalue weighted by Gasteiger charge is -2.06. The number of methoxy groups -OCH3 is 1. The molecule has 0 atom stereocenters. The number of carbonyl (C=O) groups excluding carboxylic acids is 2. The van der Waals surface area contributed by atoms with Crippen LogP contribution in [0.5, 0.6) is 5.75 Å². The van der Waals surface area contributed by atoms with E-state index in [-0.39, 0.29) is 16.9 Å². The van der Waals surface area contributed by atoms with Crippen LogP contribution in [-0.2, 0) is 4.74 Å². The number of rotatable bonds is 2. The van der Waals surface area contributed by atoms with Crippen molar-refractivity contribution in [3.05, 3.63) is 28.8 Å². The highest BCUT2D eigenvalue weighted by Crippen LogP contribution is 2.24. The molecule has 0 bridgehead atoms. The van der Waals surface area contributed by atoms with Gasteiger partial charge in [0.2, 0.25) is 0 Å². The summed E-state index contributed by atoms with van der Waals surface area (Å²) in [5.41, 5.74) is 0.585. The Balaban J connectivity index is 3.38. The zero-order chi connectivity index (χ0) is 10.7. The van der Waals surface area contributed by atoms with E-state index in [0.29, 0.717) is 11.8 Å². The first kappa shape index (κ1) is 10.2. The van der Waals surface area contributed by atoms with Crippen molar-refractivity contribution >= 4 is 12.3 Å². The van der Waals surface area contributed by atoms with Gasteiger partial charge in [0.15, 0.2) is 6.29 Å². The molecule has 0 fully saturated rings. The molecule has 74 valence electrons. The molecule has 4 nitrogen and oxygen atoms in total. The Kier molecular flexibility index (Phi) is 2.86. The number of aldehydes is 1. The van der Waals surface area contributed by atoms with Crippen LogP contribution in [-0.4, -0.2) is 24.5 Å². The summed E-state index contributed by atoms with van der Waals surface area (Å²) < 4.78 is 4.46. The zero-order valence-corrected chi connectivity index (χ0v) is 7.90. The molecule has 0 saturated carbocycles. The summed E-state index contributed by atoms with van der Waals surface area (Å²) in [6.45, 7) is 1.64. The van der Waals surface area contributed by atoms with E-state index in [0.717, 1.165) is 0 Å². The van der Waals surface area contributed by atoms with E-state index in [1.54, 1.807) is 13.0 Å². The molecule has 0 aromatic heterocycles. The van der Waals surface area contributed by atoms with Gasteiger partial charge in [0.1, 0.15) is 5.75 Å². The Morgan fingerprint density at radius 3 is 2.64 bits per heavy atom. The van der Waals surface area contributed by atoms with E-state index in [1.165, 1.54) is 13.2 Å². The SMILES string of the molecule is COC(=O)c1ccc(C)c(O)c1C=O. The Morgan fingerprint density at radius 1 is 1.50 bits per heavy atom. The monoisotopic (exact) mass is 194 g/mol. The van der Waals surface area contributed by atoms with Crippen LogP contribution in [0.15, 0.2) is 12.1 Å². The van der Waals surface area contributed by atoms with Gasteiger partial charge < -0.3 is 9.84 Å². The second-order valence-corrected chi connectivity index (χ2v) is 2.80. The summed E-state index contributed by atoms with van der Waals surface area (Å²) >= 11 is 0. The molecule has 1 rings (SSSR count). The molecule has 4 heteroatoms. The number of aryl methyl sites for hydroxylation is 1. The molecule has 0 aliphatic heterocycles. The maximum Gasteiger partial charge on any atom is 0.338 e. The molecule has 0 amide bonds. The van der Waals surface area contributed by atoms with Crippen LogP contribution >= 0.6 is 0 Å². The van der Waals surface area contributed by atoms with Crippen molar-refractivity contribution in [2.24, 2.45) is 0 Å². The quantitative estimate of drug-likeness (QED) is 0.569. The van der Waals surface area contributed by atoms with Gasteiger partial charge in [-0.25, -0.2) is 4.79 Å². The minimum Gasteiger partial charge on any atom is -0.507 e. The second-order valence-electron chi connectivity index (χ2n) is 2.80. The van der Waals surface area contributed by atoms with Gasteiger partial charge in [0.05, 0.1) is 18.2 Å². The molecule has 1 aromatic rings. The van der Waals surface area contributed by atoms with Crippen molar-refractivity contribution in [3.63, 3.8) is 0 Å². The Labute approximate surface area is 81.1 Å². The smallest absolute Gasteiger partial charge is 0.338 e. The standard InChI is InChI=1S/C10H10O4/c1-6-3-4-7(10(13)14-2)8(5-11)9(6)12/h3-5,12H,1-2H3. The highest BCUT2D eigenvalue weighted by Gasteiger charge is 2.15. The van der Waals surface area contributed by atoms with E-state index in [1.807, 2.05) is 0 Å². The third-order valence-electron chi connectivity index (χ3n) is 1.94. The summed E-state index contributed by atoms with van der Waals surface area (Å²) in [6, 6.07) is 3.00. The number of ether oxygens (including phenoxy) is 1. The lowest BCUT2D eigenvalue weighted by molar-refractivity contribution is 0.0598. The summed E-state index contributed by atoms with van der Waals surface area (Å²) in [4.78, 5) is 21.8. The lowest BCUT2D eigenvalue weighted by atomic mass is 10.0. The number of phenols is 1. The third-order valence-corrected chi connectivity index (χ3v) is 1.94. The average Bonchev–Trinajstić information content (AvgIpc) is 2.20. The number of aromatic hydroxyl groups is 1. The van der Waals surface area contributed by atoms with Crippen molar-refractivity contribution < 1.29 is 19.4 Å². The highest BCUT2D eigenvalue weighted by atomic mass is 16.5. The topological polar surface area (TPSA) is 63.6 Å². The number of carbonyl (C=O) groups is 2. The van der Waals surface area contributed by atoms with Crippen LogP contribution in [0.4, 0.5) is 0 Å². The molecule has 0 radical (unpaired) electrons. The predicted octanol–water partition coefficient (Wildman–Crippen LogP) is 1.30. The Hall–Kier alpha value is -1.84. The van der Waals surface area contributed by atoms with Crippen molar-refractivity contribution in [2.75, 3.05) is 7.11 Å². The van der Waals surface area contributed by atoms with Gasteiger partial charge >= 0.3 is 5.97 Å². The molecular formula is C10H10O4. The summed E-state index contributed by atoms with van der Waals surface area (Å²) in [5.74, 6) is -0.815. The molecule has 1 aromatic carbocycles. The predicted molar refractivity (Wildman–Crippen MR) is 49.6 cm³/mol. The maximum atomic E-state index is 11.2. The molecule has 0 unspecified atom stereocenters. The van der Waals surface area contributed by atoms with Crippen molar-refractivity contribution in [1.82, 2.24) is 0 Å². The van der Waals surface area contributed by atoms with Crippen LogP contribution in [0.2, 0.25) is 0 Å². The molecule has 1 N–H and O–H groups in total. The van der Waals surface area contributed by atoms with Crippen LogP contribution in [0.25, 0.3) is 0 Å². The third kappa shape index (κ3) is 1.59. The van der Waals surface area contributed by atoms with E-state index in [9.17, 15) is 14.7 Å². The van der Waals surface area contributed by atoms with Crippen molar-refractivity contribution in [3.8, 4) is 5.75 Å². The zero-order valence-electron chi connectivity index (χ0n) is 7.90. The molecule has 0 spiro atoms. The van der Waals surface area contributed by atoms with Gasteiger partial charge in [0, 0.05) is 0 Å². The van der Waals surface area contributed by atoms with Gasteiger partial charge in [-0.2, -0.15) is 0 Å². The minimum absolute atomic E-state index is 0.0307. The number of benzene rings is 1. The first-order chi connectivity index (χ1) is 6.61.